The maximum absolute atomic E-state index is 4.75. The predicted octanol–water partition coefficient (Wildman–Crippen LogP) is 3.53. The van der Waals surface area contributed by atoms with Gasteiger partial charge in [0.25, 0.3) is 0 Å². The van der Waals surface area contributed by atoms with Crippen LogP contribution in [-0.4, -0.2) is 47.3 Å². The molecule has 0 aliphatic rings. The number of hydrogen-bond acceptors (Lipinski definition) is 2. The Hall–Kier alpha value is -1.78. The number of aromatic nitrogens is 2. The van der Waals surface area contributed by atoms with Crippen LogP contribution in [0.5, 0.6) is 0 Å². The molecule has 5 heteroatoms. The van der Waals surface area contributed by atoms with E-state index in [0.717, 1.165) is 50.7 Å². The molecule has 0 fully saturated rings. The molecule has 0 radical (unpaired) electrons. The van der Waals surface area contributed by atoms with Gasteiger partial charge in [0, 0.05) is 38.9 Å². The molecule has 0 aliphatic heterocycles. The Kier molecular flexibility index (Phi) is 9.89. The molecule has 1 aromatic rings. The van der Waals surface area contributed by atoms with E-state index in [1.54, 1.807) is 0 Å². The third kappa shape index (κ3) is 7.66. The van der Waals surface area contributed by atoms with Gasteiger partial charge >= 0.3 is 0 Å². The van der Waals surface area contributed by atoms with E-state index < -0.39 is 0 Å². The Balaban J connectivity index is 2.37. The van der Waals surface area contributed by atoms with Gasteiger partial charge in [0.2, 0.25) is 0 Å². The SMILES string of the molecule is C=CCCCCCN(C)C(=NCCCn1nc(C)cc1C)NCC. The van der Waals surface area contributed by atoms with Crippen molar-refractivity contribution in [1.82, 2.24) is 20.0 Å². The number of hydrogen-bond donors (Lipinski definition) is 1. The fourth-order valence-corrected chi connectivity index (χ4v) is 2.70. The van der Waals surface area contributed by atoms with Crippen LogP contribution >= 0.6 is 0 Å². The zero-order chi connectivity index (χ0) is 17.8. The molecular weight excluding hydrogens is 298 g/mol. The lowest BCUT2D eigenvalue weighted by Gasteiger charge is -2.22. The second kappa shape index (κ2) is 11.7. The average Bonchev–Trinajstić information content (AvgIpc) is 2.87. The molecule has 0 aromatic carbocycles. The molecule has 0 unspecified atom stereocenters. The molecule has 0 aliphatic carbocycles. The summed E-state index contributed by atoms with van der Waals surface area (Å²) in [6.07, 6.45) is 7.79. The summed E-state index contributed by atoms with van der Waals surface area (Å²) < 4.78 is 2.07. The first-order valence-electron chi connectivity index (χ1n) is 9.19. The minimum absolute atomic E-state index is 0.821. The van der Waals surface area contributed by atoms with Crippen molar-refractivity contribution in [2.24, 2.45) is 4.99 Å². The van der Waals surface area contributed by atoms with Crippen LogP contribution in [-0.2, 0) is 6.54 Å². The first-order chi connectivity index (χ1) is 11.6. The van der Waals surface area contributed by atoms with Gasteiger partial charge in [-0.15, -0.1) is 6.58 Å². The van der Waals surface area contributed by atoms with E-state index >= 15 is 0 Å². The molecule has 0 saturated heterocycles. The molecule has 0 atom stereocenters. The van der Waals surface area contributed by atoms with E-state index in [9.17, 15) is 0 Å². The van der Waals surface area contributed by atoms with Crippen molar-refractivity contribution in [3.05, 3.63) is 30.1 Å². The Bertz CT molecular complexity index is 504. The van der Waals surface area contributed by atoms with Gasteiger partial charge in [-0.2, -0.15) is 5.10 Å². The third-order valence-electron chi connectivity index (χ3n) is 3.99. The number of allylic oxidation sites excluding steroid dienone is 1. The summed E-state index contributed by atoms with van der Waals surface area (Å²) in [4.78, 5) is 6.99. The molecule has 1 heterocycles. The van der Waals surface area contributed by atoms with Crippen LogP contribution in [0.15, 0.2) is 23.7 Å². The van der Waals surface area contributed by atoms with Gasteiger partial charge in [0.05, 0.1) is 5.69 Å². The summed E-state index contributed by atoms with van der Waals surface area (Å²) in [5.74, 6) is 1.01. The van der Waals surface area contributed by atoms with Crippen molar-refractivity contribution in [3.63, 3.8) is 0 Å². The second-order valence-electron chi connectivity index (χ2n) is 6.30. The highest BCUT2D eigenvalue weighted by Crippen LogP contribution is 2.04. The smallest absolute Gasteiger partial charge is 0.193 e. The zero-order valence-corrected chi connectivity index (χ0v) is 16.0. The number of aliphatic imine (C=N–C) groups is 1. The zero-order valence-electron chi connectivity index (χ0n) is 16.0. The van der Waals surface area contributed by atoms with Gasteiger partial charge in [-0.3, -0.25) is 9.67 Å². The third-order valence-corrected chi connectivity index (χ3v) is 3.99. The maximum Gasteiger partial charge on any atom is 0.193 e. The van der Waals surface area contributed by atoms with Crippen molar-refractivity contribution in [3.8, 4) is 0 Å². The van der Waals surface area contributed by atoms with Gasteiger partial charge in [0.1, 0.15) is 0 Å². The van der Waals surface area contributed by atoms with Crippen LogP contribution in [0.3, 0.4) is 0 Å². The number of nitrogens with one attached hydrogen (secondary N) is 1. The molecule has 5 nitrogen and oxygen atoms in total. The van der Waals surface area contributed by atoms with Crippen molar-refractivity contribution < 1.29 is 0 Å². The lowest BCUT2D eigenvalue weighted by molar-refractivity contribution is 0.454. The highest BCUT2D eigenvalue weighted by Gasteiger charge is 2.05. The molecule has 1 rings (SSSR count). The van der Waals surface area contributed by atoms with Crippen LogP contribution in [0, 0.1) is 13.8 Å². The van der Waals surface area contributed by atoms with E-state index in [1.807, 2.05) is 13.0 Å². The minimum Gasteiger partial charge on any atom is -0.357 e. The Morgan fingerprint density at radius 3 is 2.75 bits per heavy atom. The second-order valence-corrected chi connectivity index (χ2v) is 6.30. The summed E-state index contributed by atoms with van der Waals surface area (Å²) in [6.45, 7) is 13.7. The van der Waals surface area contributed by atoms with Crippen LogP contribution in [0.1, 0.15) is 50.4 Å². The fraction of sp³-hybridized carbons (Fsp3) is 0.684. The molecule has 0 bridgehead atoms. The van der Waals surface area contributed by atoms with E-state index in [4.69, 9.17) is 4.99 Å². The van der Waals surface area contributed by atoms with Gasteiger partial charge in [-0.1, -0.05) is 12.5 Å². The van der Waals surface area contributed by atoms with Gasteiger partial charge in [-0.05, 0) is 52.5 Å². The van der Waals surface area contributed by atoms with Gasteiger partial charge in [-0.25, -0.2) is 0 Å². The summed E-state index contributed by atoms with van der Waals surface area (Å²) in [5.41, 5.74) is 2.31. The van der Waals surface area contributed by atoms with Crippen LogP contribution in [0.4, 0.5) is 0 Å². The number of unbranched alkanes of at least 4 members (excludes halogenated alkanes) is 3. The van der Waals surface area contributed by atoms with Crippen molar-refractivity contribution >= 4 is 5.96 Å². The van der Waals surface area contributed by atoms with E-state index in [1.165, 1.54) is 25.0 Å². The quantitative estimate of drug-likeness (QED) is 0.292. The van der Waals surface area contributed by atoms with Gasteiger partial charge < -0.3 is 10.2 Å². The topological polar surface area (TPSA) is 45.5 Å². The van der Waals surface area contributed by atoms with E-state index in [2.05, 4.69) is 53.5 Å². The standard InChI is InChI=1S/C19H35N5/c1-6-8-9-10-11-14-23(5)19(20-7-2)21-13-12-15-24-18(4)16-17(3)22-24/h6,16H,1,7-15H2,2-5H3,(H,20,21). The van der Waals surface area contributed by atoms with E-state index in [-0.39, 0.29) is 0 Å². The van der Waals surface area contributed by atoms with Gasteiger partial charge in [0.15, 0.2) is 5.96 Å². The number of rotatable bonds is 11. The molecule has 136 valence electrons. The van der Waals surface area contributed by atoms with Crippen molar-refractivity contribution in [1.29, 1.82) is 0 Å². The average molecular weight is 334 g/mol. The maximum atomic E-state index is 4.75. The monoisotopic (exact) mass is 333 g/mol. The number of guanidine groups is 1. The molecule has 1 N–H and O–H groups in total. The van der Waals surface area contributed by atoms with E-state index in [0.29, 0.717) is 0 Å². The molecule has 0 saturated carbocycles. The Morgan fingerprint density at radius 2 is 2.12 bits per heavy atom. The molecule has 24 heavy (non-hydrogen) atoms. The molecule has 0 amide bonds. The van der Waals surface area contributed by atoms with Crippen LogP contribution < -0.4 is 5.32 Å². The summed E-state index contributed by atoms with van der Waals surface area (Å²) >= 11 is 0. The van der Waals surface area contributed by atoms with Crippen LogP contribution in [0.25, 0.3) is 0 Å². The highest BCUT2D eigenvalue weighted by atomic mass is 15.3. The minimum atomic E-state index is 0.821. The van der Waals surface area contributed by atoms with Crippen molar-refractivity contribution in [2.45, 2.75) is 59.4 Å². The summed E-state index contributed by atoms with van der Waals surface area (Å²) in [7, 11) is 2.12. The first kappa shape index (κ1) is 20.3. The molecular formula is C19H35N5. The Morgan fingerprint density at radius 1 is 1.33 bits per heavy atom. The van der Waals surface area contributed by atoms with Crippen molar-refractivity contribution in [2.75, 3.05) is 26.7 Å². The van der Waals surface area contributed by atoms with Crippen LogP contribution in [0.2, 0.25) is 0 Å². The summed E-state index contributed by atoms with van der Waals surface area (Å²) in [5, 5.41) is 7.88. The lowest BCUT2D eigenvalue weighted by atomic mass is 10.2. The number of aryl methyl sites for hydroxylation is 3. The number of nitrogens with zero attached hydrogens (tertiary/aromatic N) is 4. The fourth-order valence-electron chi connectivity index (χ4n) is 2.70. The predicted molar refractivity (Wildman–Crippen MR) is 104 cm³/mol. The largest absolute Gasteiger partial charge is 0.357 e. The Labute approximate surface area is 147 Å². The molecule has 0 spiro atoms. The highest BCUT2D eigenvalue weighted by molar-refractivity contribution is 5.79. The lowest BCUT2D eigenvalue weighted by Crippen LogP contribution is -2.39. The normalized spacial score (nSPS) is 11.6. The molecule has 1 aromatic heterocycles. The first-order valence-corrected chi connectivity index (χ1v) is 9.19. The summed E-state index contributed by atoms with van der Waals surface area (Å²) in [6, 6.07) is 2.12.